The topological polar surface area (TPSA) is 74.2 Å². The molecule has 0 radical (unpaired) electrons. The van der Waals surface area contributed by atoms with Crippen molar-refractivity contribution in [2.24, 2.45) is 0 Å². The predicted molar refractivity (Wildman–Crippen MR) is 78.1 cm³/mol. The minimum Gasteiger partial charge on any atom is -0.493 e. The maximum absolute atomic E-state index is 10.4. The molecule has 1 fully saturated rings. The fraction of sp³-hybridized carbons (Fsp3) is 0.500. The van der Waals surface area contributed by atoms with Gasteiger partial charge in [0.15, 0.2) is 17.8 Å². The van der Waals surface area contributed by atoms with Crippen LogP contribution in [0.1, 0.15) is 0 Å². The van der Waals surface area contributed by atoms with Crippen LogP contribution in [0.3, 0.4) is 0 Å². The number of carbonyl (C=O) groups is 1. The van der Waals surface area contributed by atoms with Crippen molar-refractivity contribution in [3.63, 3.8) is 0 Å². The van der Waals surface area contributed by atoms with Crippen LogP contribution in [0.5, 0.6) is 11.5 Å². The van der Waals surface area contributed by atoms with Crippen LogP contribution in [0.2, 0.25) is 0 Å². The lowest BCUT2D eigenvalue weighted by atomic mass is 10.3. The molecule has 0 bridgehead atoms. The monoisotopic (exact) mass is 314 g/mol. The summed E-state index contributed by atoms with van der Waals surface area (Å²) in [4.78, 5) is 10.4. The average molecular weight is 314 g/mol. The first-order chi connectivity index (χ1) is 10.2. The smallest absolute Gasteiger partial charge is 0.313 e. The van der Waals surface area contributed by atoms with Crippen LogP contribution in [0.15, 0.2) is 24.3 Å². The van der Waals surface area contributed by atoms with E-state index >= 15 is 0 Å². The van der Waals surface area contributed by atoms with Crippen LogP contribution in [-0.4, -0.2) is 55.3 Å². The van der Waals surface area contributed by atoms with E-state index in [1.54, 1.807) is 7.11 Å². The minimum absolute atomic E-state index is 0.0472. The number of carboxylic acid groups (broad SMARTS) is 1. The molecule has 1 aromatic carbocycles. The molecule has 1 aliphatic heterocycles. The molecule has 0 aromatic heterocycles. The number of hydrogen-bond donors (Lipinski definition) is 1. The van der Waals surface area contributed by atoms with Gasteiger partial charge in [-0.3, -0.25) is 4.79 Å². The Morgan fingerprint density at radius 3 is 2.90 bits per heavy atom. The Balaban J connectivity index is 1.71. The molecule has 0 amide bonds. The summed E-state index contributed by atoms with van der Waals surface area (Å²) in [5.41, 5.74) is 0. The second-order valence-corrected chi connectivity index (χ2v) is 5.42. The van der Waals surface area contributed by atoms with Gasteiger partial charge >= 0.3 is 5.97 Å². The molecular weight excluding hydrogens is 296 g/mol. The number of methoxy groups -OCH3 is 1. The number of carboxylic acids is 1. The molecule has 0 saturated carbocycles. The normalized spacial score (nSPS) is 21.2. The zero-order chi connectivity index (χ0) is 15.1. The van der Waals surface area contributed by atoms with Gasteiger partial charge in [0.25, 0.3) is 0 Å². The molecule has 2 rings (SSSR count). The summed E-state index contributed by atoms with van der Waals surface area (Å²) in [7, 11) is 1.59. The molecule has 7 heteroatoms. The van der Waals surface area contributed by atoms with E-state index in [0.29, 0.717) is 30.5 Å². The van der Waals surface area contributed by atoms with Crippen LogP contribution in [-0.2, 0) is 14.3 Å². The highest BCUT2D eigenvalue weighted by molar-refractivity contribution is 7.99. The van der Waals surface area contributed by atoms with Gasteiger partial charge in [-0.05, 0) is 12.1 Å². The number of ether oxygens (including phenoxy) is 4. The van der Waals surface area contributed by atoms with Gasteiger partial charge in [-0.2, -0.15) is 0 Å². The van der Waals surface area contributed by atoms with Crippen LogP contribution in [0.25, 0.3) is 0 Å². The zero-order valence-electron chi connectivity index (χ0n) is 11.7. The highest BCUT2D eigenvalue weighted by Gasteiger charge is 2.26. The van der Waals surface area contributed by atoms with E-state index in [1.807, 2.05) is 24.3 Å². The SMILES string of the molecule is COc1ccccc1OCC1COC(CSCC(=O)O)O1. The third-order valence-electron chi connectivity index (χ3n) is 2.79. The maximum Gasteiger partial charge on any atom is 0.313 e. The summed E-state index contributed by atoms with van der Waals surface area (Å²) in [5.74, 6) is 1.04. The van der Waals surface area contributed by atoms with Crippen molar-refractivity contribution in [3.8, 4) is 11.5 Å². The van der Waals surface area contributed by atoms with E-state index in [4.69, 9.17) is 24.1 Å². The molecule has 2 atom stereocenters. The van der Waals surface area contributed by atoms with E-state index in [0.717, 1.165) is 0 Å². The largest absolute Gasteiger partial charge is 0.493 e. The molecule has 0 aliphatic carbocycles. The lowest BCUT2D eigenvalue weighted by molar-refractivity contribution is -0.133. The van der Waals surface area contributed by atoms with Crippen molar-refractivity contribution < 1.29 is 28.8 Å². The Bertz CT molecular complexity index is 467. The Hall–Kier alpha value is -1.44. The van der Waals surface area contributed by atoms with E-state index in [-0.39, 0.29) is 18.1 Å². The van der Waals surface area contributed by atoms with E-state index in [2.05, 4.69) is 0 Å². The van der Waals surface area contributed by atoms with Gasteiger partial charge in [-0.15, -0.1) is 11.8 Å². The Kier molecular flexibility index (Phi) is 6.16. The standard InChI is InChI=1S/C14H18O6S/c1-17-11-4-2-3-5-12(11)18-6-10-7-19-14(20-10)9-21-8-13(15)16/h2-5,10,14H,6-9H2,1H3,(H,15,16). The number of benzene rings is 1. The third-order valence-corrected chi connectivity index (χ3v) is 3.74. The summed E-state index contributed by atoms with van der Waals surface area (Å²) in [6.07, 6.45) is -0.536. The highest BCUT2D eigenvalue weighted by Crippen LogP contribution is 2.26. The highest BCUT2D eigenvalue weighted by atomic mass is 32.2. The summed E-state index contributed by atoms with van der Waals surface area (Å²) in [6.45, 7) is 0.800. The van der Waals surface area contributed by atoms with Crippen molar-refractivity contribution in [2.45, 2.75) is 12.4 Å². The molecule has 1 aromatic rings. The van der Waals surface area contributed by atoms with E-state index in [9.17, 15) is 4.79 Å². The molecule has 0 spiro atoms. The predicted octanol–water partition coefficient (Wildman–Crippen LogP) is 1.63. The molecule has 21 heavy (non-hydrogen) atoms. The summed E-state index contributed by atoms with van der Waals surface area (Å²) in [6, 6.07) is 7.40. The molecule has 116 valence electrons. The number of aliphatic carboxylic acids is 1. The van der Waals surface area contributed by atoms with Crippen LogP contribution >= 0.6 is 11.8 Å². The Labute approximate surface area is 127 Å². The zero-order valence-corrected chi connectivity index (χ0v) is 12.5. The van der Waals surface area contributed by atoms with Crippen molar-refractivity contribution in [1.82, 2.24) is 0 Å². The number of thioether (sulfide) groups is 1. The number of hydrogen-bond acceptors (Lipinski definition) is 6. The molecule has 1 N–H and O–H groups in total. The van der Waals surface area contributed by atoms with Crippen molar-refractivity contribution >= 4 is 17.7 Å². The minimum atomic E-state index is -0.839. The summed E-state index contributed by atoms with van der Waals surface area (Å²) < 4.78 is 22.0. The van der Waals surface area contributed by atoms with Gasteiger partial charge in [0, 0.05) is 5.75 Å². The Morgan fingerprint density at radius 2 is 2.19 bits per heavy atom. The lowest BCUT2D eigenvalue weighted by Crippen LogP contribution is -2.22. The van der Waals surface area contributed by atoms with Gasteiger partial charge < -0.3 is 24.1 Å². The maximum atomic E-state index is 10.4. The summed E-state index contributed by atoms with van der Waals surface area (Å²) in [5, 5.41) is 8.56. The Morgan fingerprint density at radius 1 is 1.43 bits per heavy atom. The van der Waals surface area contributed by atoms with E-state index < -0.39 is 5.97 Å². The molecule has 1 saturated heterocycles. The second kappa shape index (κ2) is 8.11. The quantitative estimate of drug-likeness (QED) is 0.781. The van der Waals surface area contributed by atoms with E-state index in [1.165, 1.54) is 11.8 Å². The van der Waals surface area contributed by atoms with Gasteiger partial charge in [-0.25, -0.2) is 0 Å². The van der Waals surface area contributed by atoms with Crippen LogP contribution in [0.4, 0.5) is 0 Å². The number of para-hydroxylation sites is 2. The van der Waals surface area contributed by atoms with Crippen molar-refractivity contribution in [1.29, 1.82) is 0 Å². The first kappa shape index (κ1) is 15.9. The molecule has 2 unspecified atom stereocenters. The lowest BCUT2D eigenvalue weighted by Gasteiger charge is -2.14. The first-order valence-corrected chi connectivity index (χ1v) is 7.67. The fourth-order valence-electron chi connectivity index (χ4n) is 1.85. The van der Waals surface area contributed by atoms with Crippen molar-refractivity contribution in [3.05, 3.63) is 24.3 Å². The first-order valence-electron chi connectivity index (χ1n) is 6.51. The van der Waals surface area contributed by atoms with Gasteiger partial charge in [-0.1, -0.05) is 12.1 Å². The van der Waals surface area contributed by atoms with Gasteiger partial charge in [0.1, 0.15) is 12.7 Å². The second-order valence-electron chi connectivity index (χ2n) is 4.39. The van der Waals surface area contributed by atoms with Gasteiger partial charge in [0.2, 0.25) is 0 Å². The molecule has 1 aliphatic rings. The fourth-order valence-corrected chi connectivity index (χ4v) is 2.51. The third kappa shape index (κ3) is 5.11. The molecule has 1 heterocycles. The number of rotatable bonds is 8. The average Bonchev–Trinajstić information content (AvgIpc) is 2.93. The summed E-state index contributed by atoms with van der Waals surface area (Å²) >= 11 is 1.27. The molecule has 6 nitrogen and oxygen atoms in total. The van der Waals surface area contributed by atoms with Crippen LogP contribution < -0.4 is 9.47 Å². The van der Waals surface area contributed by atoms with Crippen molar-refractivity contribution in [2.75, 3.05) is 31.8 Å². The van der Waals surface area contributed by atoms with Crippen LogP contribution in [0, 0.1) is 0 Å². The molecular formula is C14H18O6S. The van der Waals surface area contributed by atoms with Gasteiger partial charge in [0.05, 0.1) is 19.5 Å².